The molecule has 1 heterocycles. The van der Waals surface area contributed by atoms with Crippen LogP contribution in [0, 0.1) is 23.7 Å². The van der Waals surface area contributed by atoms with Gasteiger partial charge in [-0.15, -0.1) is 0 Å². The summed E-state index contributed by atoms with van der Waals surface area (Å²) in [5.41, 5.74) is 0.621. The molecule has 0 bridgehead atoms. The number of nitrogens with zero attached hydrogens (tertiary/aromatic N) is 1. The van der Waals surface area contributed by atoms with E-state index >= 15 is 0 Å². The lowest BCUT2D eigenvalue weighted by atomic mass is 9.65. The first-order valence-electron chi connectivity index (χ1n) is 6.53. The third-order valence-corrected chi connectivity index (χ3v) is 3.99. The van der Waals surface area contributed by atoms with Crippen molar-refractivity contribution < 1.29 is 14.3 Å². The molecule has 0 spiro atoms. The first-order valence-corrected chi connectivity index (χ1v) is 6.53. The van der Waals surface area contributed by atoms with E-state index in [1.54, 1.807) is 6.07 Å². The van der Waals surface area contributed by atoms with Gasteiger partial charge >= 0.3 is 0 Å². The molecule has 0 saturated heterocycles. The second-order valence-electron chi connectivity index (χ2n) is 5.19. The lowest BCUT2D eigenvalue weighted by molar-refractivity contribution is 0.0746. The van der Waals surface area contributed by atoms with Crippen LogP contribution in [0.4, 0.5) is 0 Å². The Hall–Kier alpha value is -2.02. The molecule has 1 saturated carbocycles. The van der Waals surface area contributed by atoms with Gasteiger partial charge < -0.3 is 9.47 Å². The number of carbonyl (C=O) groups excluding carboxylic acids is 1. The van der Waals surface area contributed by atoms with E-state index in [-0.39, 0.29) is 5.78 Å². The first kappa shape index (κ1) is 12.0. The van der Waals surface area contributed by atoms with Crippen molar-refractivity contribution in [3.05, 3.63) is 23.3 Å². The predicted octanol–water partition coefficient (Wildman–Crippen LogP) is 2.64. The molecule has 0 amide bonds. The molecular weight excluding hydrogens is 242 g/mol. The van der Waals surface area contributed by atoms with Crippen LogP contribution in [0.3, 0.4) is 0 Å². The van der Waals surface area contributed by atoms with Crippen molar-refractivity contribution in [2.45, 2.75) is 26.2 Å². The van der Waals surface area contributed by atoms with E-state index in [0.29, 0.717) is 43.1 Å². The minimum absolute atomic E-state index is 0.0734. The second-order valence-corrected chi connectivity index (χ2v) is 5.19. The van der Waals surface area contributed by atoms with Crippen molar-refractivity contribution in [2.24, 2.45) is 5.41 Å². The highest BCUT2D eigenvalue weighted by Crippen LogP contribution is 2.44. The Balaban J connectivity index is 2.01. The maximum absolute atomic E-state index is 12.6. The number of rotatable bonds is 2. The van der Waals surface area contributed by atoms with E-state index in [0.717, 1.165) is 12.0 Å². The van der Waals surface area contributed by atoms with Crippen LogP contribution in [-0.4, -0.2) is 19.0 Å². The van der Waals surface area contributed by atoms with E-state index < -0.39 is 5.41 Å². The number of carbonyl (C=O) groups is 1. The van der Waals surface area contributed by atoms with Gasteiger partial charge in [-0.1, -0.05) is 0 Å². The molecule has 4 nitrogen and oxygen atoms in total. The van der Waals surface area contributed by atoms with Gasteiger partial charge in [0.2, 0.25) is 0 Å². The Morgan fingerprint density at radius 1 is 1.26 bits per heavy atom. The normalized spacial score (nSPS) is 19.2. The SMILES string of the molecule is Cc1cc2c(cc1C(=O)C1(C#N)CCC1)OCCO2. The largest absolute Gasteiger partial charge is 0.486 e. The smallest absolute Gasteiger partial charge is 0.183 e. The maximum Gasteiger partial charge on any atom is 0.183 e. The number of benzene rings is 1. The van der Waals surface area contributed by atoms with Gasteiger partial charge in [-0.3, -0.25) is 4.79 Å². The van der Waals surface area contributed by atoms with Crippen molar-refractivity contribution in [3.8, 4) is 17.6 Å². The van der Waals surface area contributed by atoms with Gasteiger partial charge in [0.05, 0.1) is 6.07 Å². The number of ketones is 1. The van der Waals surface area contributed by atoms with Crippen LogP contribution < -0.4 is 9.47 Å². The van der Waals surface area contributed by atoms with Crippen molar-refractivity contribution in [1.82, 2.24) is 0 Å². The molecule has 0 N–H and O–H groups in total. The van der Waals surface area contributed by atoms with Gasteiger partial charge in [0, 0.05) is 5.56 Å². The molecule has 1 aliphatic carbocycles. The molecule has 98 valence electrons. The van der Waals surface area contributed by atoms with Crippen molar-refractivity contribution in [2.75, 3.05) is 13.2 Å². The van der Waals surface area contributed by atoms with Gasteiger partial charge in [-0.2, -0.15) is 5.26 Å². The zero-order valence-corrected chi connectivity index (χ0v) is 10.9. The van der Waals surface area contributed by atoms with Gasteiger partial charge in [-0.05, 0) is 43.9 Å². The molecule has 0 radical (unpaired) electrons. The summed E-state index contributed by atoms with van der Waals surface area (Å²) in [6, 6.07) is 5.75. The Kier molecular flexibility index (Phi) is 2.70. The van der Waals surface area contributed by atoms with Gasteiger partial charge in [0.1, 0.15) is 18.6 Å². The third kappa shape index (κ3) is 1.77. The number of hydrogen-bond donors (Lipinski definition) is 0. The molecule has 0 unspecified atom stereocenters. The fraction of sp³-hybridized carbons (Fsp3) is 0.467. The zero-order chi connectivity index (χ0) is 13.5. The number of ether oxygens (including phenoxy) is 2. The standard InChI is InChI=1S/C15H15NO3/c1-10-7-12-13(19-6-5-18-12)8-11(10)14(17)15(9-16)3-2-4-15/h7-8H,2-6H2,1H3. The Morgan fingerprint density at radius 3 is 2.42 bits per heavy atom. The summed E-state index contributed by atoms with van der Waals surface area (Å²) in [7, 11) is 0. The maximum atomic E-state index is 12.6. The molecule has 1 fully saturated rings. The van der Waals surface area contributed by atoms with Crippen LogP contribution >= 0.6 is 0 Å². The highest BCUT2D eigenvalue weighted by atomic mass is 16.6. The molecule has 0 atom stereocenters. The van der Waals surface area contributed by atoms with Crippen molar-refractivity contribution in [1.29, 1.82) is 5.26 Å². The zero-order valence-electron chi connectivity index (χ0n) is 10.9. The number of fused-ring (bicyclic) bond motifs is 1. The summed E-state index contributed by atoms with van der Waals surface area (Å²) >= 11 is 0. The number of hydrogen-bond acceptors (Lipinski definition) is 4. The minimum Gasteiger partial charge on any atom is -0.486 e. The van der Waals surface area contributed by atoms with E-state index in [2.05, 4.69) is 6.07 Å². The van der Waals surface area contributed by atoms with Crippen LogP contribution in [0.5, 0.6) is 11.5 Å². The minimum atomic E-state index is -0.811. The lowest BCUT2D eigenvalue weighted by Crippen LogP contribution is -2.37. The van der Waals surface area contributed by atoms with Crippen LogP contribution in [0.15, 0.2) is 12.1 Å². The topological polar surface area (TPSA) is 59.3 Å². The Labute approximate surface area is 111 Å². The molecule has 0 aromatic heterocycles. The quantitative estimate of drug-likeness (QED) is 0.764. The molecule has 3 rings (SSSR count). The second kappa shape index (κ2) is 4.27. The highest BCUT2D eigenvalue weighted by Gasteiger charge is 2.45. The average molecular weight is 257 g/mol. The van der Waals surface area contributed by atoms with E-state index in [4.69, 9.17) is 9.47 Å². The molecular formula is C15H15NO3. The van der Waals surface area contributed by atoms with Gasteiger partial charge in [0.25, 0.3) is 0 Å². The summed E-state index contributed by atoms with van der Waals surface area (Å²) < 4.78 is 11.0. The third-order valence-electron chi connectivity index (χ3n) is 3.99. The van der Waals surface area contributed by atoms with Crippen LogP contribution in [0.2, 0.25) is 0 Å². The number of Topliss-reactive ketones (excluding diaryl/α,β-unsaturated/α-hetero) is 1. The molecule has 4 heteroatoms. The summed E-state index contributed by atoms with van der Waals surface area (Å²) in [6.07, 6.45) is 2.27. The predicted molar refractivity (Wildman–Crippen MR) is 68.4 cm³/mol. The first-order chi connectivity index (χ1) is 9.16. The number of nitriles is 1. The molecule has 19 heavy (non-hydrogen) atoms. The summed E-state index contributed by atoms with van der Waals surface area (Å²) in [6.45, 7) is 2.89. The van der Waals surface area contributed by atoms with Gasteiger partial charge in [-0.25, -0.2) is 0 Å². The fourth-order valence-electron chi connectivity index (χ4n) is 2.61. The Bertz CT molecular complexity index is 582. The monoisotopic (exact) mass is 257 g/mol. The highest BCUT2D eigenvalue weighted by molar-refractivity contribution is 6.04. The summed E-state index contributed by atoms with van der Waals surface area (Å²) in [4.78, 5) is 12.6. The summed E-state index contributed by atoms with van der Waals surface area (Å²) in [5, 5.41) is 9.27. The average Bonchev–Trinajstić information content (AvgIpc) is 2.37. The van der Waals surface area contributed by atoms with Gasteiger partial charge in [0.15, 0.2) is 17.3 Å². The molecule has 1 aromatic carbocycles. The molecule has 1 aliphatic heterocycles. The molecule has 2 aliphatic rings. The molecule has 1 aromatic rings. The van der Waals surface area contributed by atoms with Crippen LogP contribution in [-0.2, 0) is 0 Å². The summed E-state index contributed by atoms with van der Waals surface area (Å²) in [5.74, 6) is 1.21. The van der Waals surface area contributed by atoms with Crippen molar-refractivity contribution >= 4 is 5.78 Å². The Morgan fingerprint density at radius 2 is 1.89 bits per heavy atom. The lowest BCUT2D eigenvalue weighted by Gasteiger charge is -2.34. The van der Waals surface area contributed by atoms with Crippen LogP contribution in [0.1, 0.15) is 35.2 Å². The van der Waals surface area contributed by atoms with Crippen molar-refractivity contribution in [3.63, 3.8) is 0 Å². The fourth-order valence-corrected chi connectivity index (χ4v) is 2.61. The van der Waals surface area contributed by atoms with Crippen LogP contribution in [0.25, 0.3) is 0 Å². The number of aryl methyl sites for hydroxylation is 1. The van der Waals surface area contributed by atoms with E-state index in [1.165, 1.54) is 0 Å². The van der Waals surface area contributed by atoms with E-state index in [1.807, 2.05) is 13.0 Å². The van der Waals surface area contributed by atoms with E-state index in [9.17, 15) is 10.1 Å².